The molecule has 20 heavy (non-hydrogen) atoms. The van der Waals surface area contributed by atoms with E-state index >= 15 is 0 Å². The first-order valence-electron chi connectivity index (χ1n) is 7.04. The van der Waals surface area contributed by atoms with Crippen molar-refractivity contribution in [1.29, 1.82) is 0 Å². The highest BCUT2D eigenvalue weighted by molar-refractivity contribution is 5.50. The highest BCUT2D eigenvalue weighted by atomic mass is 15.1. The van der Waals surface area contributed by atoms with E-state index in [4.69, 9.17) is 0 Å². The topological polar surface area (TPSA) is 62.7 Å². The number of piperidine rings is 1. The van der Waals surface area contributed by atoms with Crippen LogP contribution in [0.25, 0.3) is 0 Å². The predicted octanol–water partition coefficient (Wildman–Crippen LogP) is 2.39. The second-order valence-corrected chi connectivity index (χ2v) is 5.16. The number of aromatic nitrogens is 3. The second-order valence-electron chi connectivity index (χ2n) is 5.16. The fourth-order valence-electron chi connectivity index (χ4n) is 2.46. The molecule has 2 aromatic heterocycles. The molecule has 0 amide bonds. The van der Waals surface area contributed by atoms with E-state index in [1.54, 1.807) is 6.20 Å². The molecule has 1 aliphatic rings. The SMILES string of the molecule is Cc1cccc(Nc2cnc(C3CCCNC3)cn2)n1. The van der Waals surface area contributed by atoms with Crippen LogP contribution >= 0.6 is 0 Å². The van der Waals surface area contributed by atoms with Gasteiger partial charge in [0.05, 0.1) is 18.1 Å². The van der Waals surface area contributed by atoms with E-state index in [1.165, 1.54) is 12.8 Å². The summed E-state index contributed by atoms with van der Waals surface area (Å²) in [5.74, 6) is 2.02. The summed E-state index contributed by atoms with van der Waals surface area (Å²) in [6, 6.07) is 5.86. The maximum atomic E-state index is 4.53. The zero-order valence-electron chi connectivity index (χ0n) is 11.6. The van der Waals surface area contributed by atoms with Gasteiger partial charge in [-0.1, -0.05) is 6.07 Å². The third kappa shape index (κ3) is 3.11. The molecular formula is C15H19N5. The van der Waals surface area contributed by atoms with E-state index < -0.39 is 0 Å². The smallest absolute Gasteiger partial charge is 0.150 e. The zero-order valence-corrected chi connectivity index (χ0v) is 11.6. The fourth-order valence-corrected chi connectivity index (χ4v) is 2.46. The molecule has 2 aromatic rings. The third-order valence-electron chi connectivity index (χ3n) is 3.53. The van der Waals surface area contributed by atoms with Gasteiger partial charge in [0.2, 0.25) is 0 Å². The minimum atomic E-state index is 0.488. The first-order valence-corrected chi connectivity index (χ1v) is 7.04. The minimum absolute atomic E-state index is 0.488. The summed E-state index contributed by atoms with van der Waals surface area (Å²) in [6.45, 7) is 4.08. The number of rotatable bonds is 3. The highest BCUT2D eigenvalue weighted by Crippen LogP contribution is 2.21. The van der Waals surface area contributed by atoms with Crippen LogP contribution in [0.2, 0.25) is 0 Å². The molecule has 3 heterocycles. The molecular weight excluding hydrogens is 250 g/mol. The van der Waals surface area contributed by atoms with Crippen LogP contribution < -0.4 is 10.6 Å². The van der Waals surface area contributed by atoms with Crippen molar-refractivity contribution in [3.63, 3.8) is 0 Å². The second kappa shape index (κ2) is 5.96. The number of aryl methyl sites for hydroxylation is 1. The summed E-state index contributed by atoms with van der Waals surface area (Å²) in [6.07, 6.45) is 6.05. The summed E-state index contributed by atoms with van der Waals surface area (Å²) < 4.78 is 0. The normalized spacial score (nSPS) is 18.8. The quantitative estimate of drug-likeness (QED) is 0.896. The van der Waals surface area contributed by atoms with E-state index in [2.05, 4.69) is 25.6 Å². The standard InChI is InChI=1S/C15H19N5/c1-11-4-2-6-14(19-11)20-15-10-17-13(9-18-15)12-5-3-7-16-8-12/h2,4,6,9-10,12,16H,3,5,7-8H2,1H3,(H,18,19,20). The first kappa shape index (κ1) is 13.0. The van der Waals surface area contributed by atoms with Crippen LogP contribution in [0.15, 0.2) is 30.6 Å². The fraction of sp³-hybridized carbons (Fsp3) is 0.400. The molecule has 1 fully saturated rings. The zero-order chi connectivity index (χ0) is 13.8. The maximum Gasteiger partial charge on any atom is 0.150 e. The van der Waals surface area contributed by atoms with Crippen LogP contribution in [0.4, 0.5) is 11.6 Å². The van der Waals surface area contributed by atoms with Crippen LogP contribution in [0.3, 0.4) is 0 Å². The lowest BCUT2D eigenvalue weighted by molar-refractivity contribution is 0.454. The summed E-state index contributed by atoms with van der Waals surface area (Å²) in [5.41, 5.74) is 2.05. The van der Waals surface area contributed by atoms with Crippen LogP contribution in [0.1, 0.15) is 30.1 Å². The molecule has 0 saturated carbocycles. The predicted molar refractivity (Wildman–Crippen MR) is 79.1 cm³/mol. The van der Waals surface area contributed by atoms with Gasteiger partial charge in [0.1, 0.15) is 11.6 Å². The lowest BCUT2D eigenvalue weighted by atomic mass is 9.97. The first-order chi connectivity index (χ1) is 9.81. The Morgan fingerprint density at radius 2 is 2.15 bits per heavy atom. The Hall–Kier alpha value is -2.01. The molecule has 2 N–H and O–H groups in total. The molecule has 5 heteroatoms. The average molecular weight is 269 g/mol. The van der Waals surface area contributed by atoms with Crippen molar-refractivity contribution in [1.82, 2.24) is 20.3 Å². The largest absolute Gasteiger partial charge is 0.324 e. The number of nitrogens with zero attached hydrogens (tertiary/aromatic N) is 3. The average Bonchev–Trinajstić information content (AvgIpc) is 2.49. The lowest BCUT2D eigenvalue weighted by Gasteiger charge is -2.21. The van der Waals surface area contributed by atoms with Crippen molar-refractivity contribution in [2.45, 2.75) is 25.7 Å². The molecule has 1 aliphatic heterocycles. The number of hydrogen-bond acceptors (Lipinski definition) is 5. The molecule has 1 unspecified atom stereocenters. The van der Waals surface area contributed by atoms with Crippen LogP contribution in [0, 0.1) is 6.92 Å². The van der Waals surface area contributed by atoms with Crippen LogP contribution in [-0.2, 0) is 0 Å². The monoisotopic (exact) mass is 269 g/mol. The lowest BCUT2D eigenvalue weighted by Crippen LogP contribution is -2.28. The van der Waals surface area contributed by atoms with Gasteiger partial charge in [-0.2, -0.15) is 0 Å². The van der Waals surface area contributed by atoms with E-state index in [-0.39, 0.29) is 0 Å². The van der Waals surface area contributed by atoms with Gasteiger partial charge in [0, 0.05) is 18.2 Å². The van der Waals surface area contributed by atoms with E-state index in [0.29, 0.717) is 5.92 Å². The van der Waals surface area contributed by atoms with Gasteiger partial charge in [-0.3, -0.25) is 4.98 Å². The molecule has 1 saturated heterocycles. The highest BCUT2D eigenvalue weighted by Gasteiger charge is 2.16. The van der Waals surface area contributed by atoms with Crippen molar-refractivity contribution in [3.8, 4) is 0 Å². The van der Waals surface area contributed by atoms with E-state index in [1.807, 2.05) is 31.3 Å². The van der Waals surface area contributed by atoms with E-state index in [0.717, 1.165) is 36.1 Å². The Balaban J connectivity index is 1.69. The summed E-state index contributed by atoms with van der Waals surface area (Å²) in [5, 5.41) is 6.58. The maximum absolute atomic E-state index is 4.53. The van der Waals surface area contributed by atoms with Crippen molar-refractivity contribution in [3.05, 3.63) is 42.0 Å². The molecule has 0 aliphatic carbocycles. The van der Waals surface area contributed by atoms with Gasteiger partial charge in [-0.05, 0) is 38.4 Å². The van der Waals surface area contributed by atoms with Crippen molar-refractivity contribution in [2.75, 3.05) is 18.4 Å². The number of pyridine rings is 1. The van der Waals surface area contributed by atoms with Gasteiger partial charge in [0.25, 0.3) is 0 Å². The Morgan fingerprint density at radius 3 is 2.85 bits per heavy atom. The Kier molecular flexibility index (Phi) is 3.87. The molecule has 0 spiro atoms. The molecule has 104 valence electrons. The van der Waals surface area contributed by atoms with Crippen molar-refractivity contribution < 1.29 is 0 Å². The van der Waals surface area contributed by atoms with Gasteiger partial charge in [-0.15, -0.1) is 0 Å². The molecule has 0 aromatic carbocycles. The van der Waals surface area contributed by atoms with Crippen molar-refractivity contribution >= 4 is 11.6 Å². The van der Waals surface area contributed by atoms with Gasteiger partial charge in [0.15, 0.2) is 0 Å². The van der Waals surface area contributed by atoms with Crippen LogP contribution in [0.5, 0.6) is 0 Å². The van der Waals surface area contributed by atoms with E-state index in [9.17, 15) is 0 Å². The van der Waals surface area contributed by atoms with Gasteiger partial charge >= 0.3 is 0 Å². The molecule has 3 rings (SSSR count). The Morgan fingerprint density at radius 1 is 1.20 bits per heavy atom. The van der Waals surface area contributed by atoms with Gasteiger partial charge in [-0.25, -0.2) is 9.97 Å². The molecule has 0 radical (unpaired) electrons. The summed E-state index contributed by atoms with van der Waals surface area (Å²) >= 11 is 0. The third-order valence-corrected chi connectivity index (χ3v) is 3.53. The summed E-state index contributed by atoms with van der Waals surface area (Å²) in [7, 11) is 0. The van der Waals surface area contributed by atoms with Crippen molar-refractivity contribution in [2.24, 2.45) is 0 Å². The summed E-state index contributed by atoms with van der Waals surface area (Å²) in [4.78, 5) is 13.4. The minimum Gasteiger partial charge on any atom is -0.324 e. The number of hydrogen-bond donors (Lipinski definition) is 2. The Labute approximate surface area is 118 Å². The molecule has 0 bridgehead atoms. The Bertz CT molecular complexity index is 561. The van der Waals surface area contributed by atoms with Gasteiger partial charge < -0.3 is 10.6 Å². The van der Waals surface area contributed by atoms with Crippen LogP contribution in [-0.4, -0.2) is 28.0 Å². The molecule has 1 atom stereocenters. The number of anilines is 2. The number of nitrogens with one attached hydrogen (secondary N) is 2. The molecule has 5 nitrogen and oxygen atoms in total.